The quantitative estimate of drug-likeness (QED) is 0.0300. The van der Waals surface area contributed by atoms with Gasteiger partial charge in [0.25, 0.3) is 0 Å². The van der Waals surface area contributed by atoms with Crippen LogP contribution in [-0.4, -0.2) is 80.6 Å². The number of likely N-dealkylation sites (N-methyl/N-ethyl adjacent to an activating group) is 1. The van der Waals surface area contributed by atoms with E-state index in [1.54, 1.807) is 0 Å². The molecule has 8 nitrogen and oxygen atoms in total. The maximum absolute atomic E-state index is 12.6. The molecule has 52 heavy (non-hydrogen) atoms. The Morgan fingerprint density at radius 2 is 1.06 bits per heavy atom. The number of esters is 2. The number of carboxylic acid groups (broad SMARTS) is 1. The number of carbonyl (C=O) groups is 3. The molecule has 0 amide bonds. The first kappa shape index (κ1) is 49.0. The van der Waals surface area contributed by atoms with Crippen LogP contribution < -0.4 is 0 Å². The van der Waals surface area contributed by atoms with Crippen LogP contribution in [0, 0.1) is 0 Å². The number of hydrogen-bond acceptors (Lipinski definition) is 6. The lowest BCUT2D eigenvalue weighted by Crippen LogP contribution is -2.50. The maximum atomic E-state index is 12.6. The van der Waals surface area contributed by atoms with Crippen LogP contribution in [0.4, 0.5) is 0 Å². The van der Waals surface area contributed by atoms with Crippen molar-refractivity contribution in [3.63, 3.8) is 0 Å². The molecule has 0 fully saturated rings. The van der Waals surface area contributed by atoms with E-state index in [9.17, 15) is 19.5 Å². The molecule has 0 radical (unpaired) electrons. The molecule has 8 heteroatoms. The van der Waals surface area contributed by atoms with E-state index in [0.717, 1.165) is 64.2 Å². The van der Waals surface area contributed by atoms with Crippen LogP contribution >= 0.6 is 0 Å². The maximum Gasteiger partial charge on any atom is 0.362 e. The first-order valence-electron chi connectivity index (χ1n) is 20.4. The lowest BCUT2D eigenvalue weighted by Gasteiger charge is -2.31. The number of carbonyl (C=O) groups excluding carboxylic acids is 2. The van der Waals surface area contributed by atoms with E-state index in [-0.39, 0.29) is 36.2 Å². The van der Waals surface area contributed by atoms with Crippen molar-refractivity contribution < 1.29 is 38.2 Å². The number of allylic oxidation sites excluding steroid dienone is 10. The fourth-order valence-corrected chi connectivity index (χ4v) is 5.59. The zero-order valence-corrected chi connectivity index (χ0v) is 33.7. The Kier molecular flexibility index (Phi) is 33.1. The molecule has 0 saturated carbocycles. The highest BCUT2D eigenvalue weighted by Gasteiger charge is 2.31. The van der Waals surface area contributed by atoms with E-state index in [4.69, 9.17) is 14.2 Å². The second kappa shape index (κ2) is 35.1. The van der Waals surface area contributed by atoms with Crippen molar-refractivity contribution in [2.75, 3.05) is 41.0 Å². The van der Waals surface area contributed by atoms with E-state index in [2.05, 4.69) is 38.2 Å². The van der Waals surface area contributed by atoms with Gasteiger partial charge in [0.15, 0.2) is 12.1 Å². The number of aliphatic carboxylic acids is 1. The van der Waals surface area contributed by atoms with Crippen molar-refractivity contribution in [1.82, 2.24) is 0 Å². The molecule has 2 atom stereocenters. The summed E-state index contributed by atoms with van der Waals surface area (Å²) in [4.78, 5) is 36.8. The third-order valence-corrected chi connectivity index (χ3v) is 8.78. The fourth-order valence-electron chi connectivity index (χ4n) is 5.59. The lowest BCUT2D eigenvalue weighted by molar-refractivity contribution is -0.887. The number of hydrogen-bond donors (Lipinski definition) is 1. The molecule has 0 bridgehead atoms. The summed E-state index contributed by atoms with van der Waals surface area (Å²) < 4.78 is 17.2. The highest BCUT2D eigenvalue weighted by molar-refractivity contribution is 5.72. The number of ether oxygens (including phenoxy) is 3. The van der Waals surface area contributed by atoms with Gasteiger partial charge in [0, 0.05) is 19.3 Å². The minimum atomic E-state index is -0.882. The van der Waals surface area contributed by atoms with E-state index >= 15 is 0 Å². The SMILES string of the molecule is CCC/C=C/C=C/C=C/C=C/C=C/CCCCCCCC(=O)OCC(COCCC(C(=O)O)[N+](C)(C)C)OC(=O)CCCCCCCCCCCC. The molecule has 0 rings (SSSR count). The minimum Gasteiger partial charge on any atom is -0.477 e. The van der Waals surface area contributed by atoms with Crippen molar-refractivity contribution >= 4 is 17.9 Å². The Bertz CT molecular complexity index is 1040. The largest absolute Gasteiger partial charge is 0.477 e. The average molecular weight is 731 g/mol. The second-order valence-corrected chi connectivity index (χ2v) is 14.7. The smallest absolute Gasteiger partial charge is 0.362 e. The topological polar surface area (TPSA) is 99.1 Å². The number of carboxylic acids is 1. The van der Waals surface area contributed by atoms with E-state index in [1.165, 1.54) is 51.4 Å². The third kappa shape index (κ3) is 32.9. The molecule has 0 aromatic rings. The molecule has 0 aliphatic rings. The van der Waals surface area contributed by atoms with Gasteiger partial charge in [0.2, 0.25) is 0 Å². The Hall–Kier alpha value is -2.97. The van der Waals surface area contributed by atoms with Gasteiger partial charge in [-0.3, -0.25) is 9.59 Å². The molecule has 0 aliphatic carbocycles. The van der Waals surface area contributed by atoms with Gasteiger partial charge < -0.3 is 23.8 Å². The van der Waals surface area contributed by atoms with Gasteiger partial charge in [-0.1, -0.05) is 158 Å². The molecule has 298 valence electrons. The molecule has 0 saturated heterocycles. The number of quaternary nitrogens is 1. The van der Waals surface area contributed by atoms with Gasteiger partial charge in [-0.05, 0) is 32.1 Å². The molecular formula is C44H76NO7+. The lowest BCUT2D eigenvalue weighted by atomic mass is 10.1. The third-order valence-electron chi connectivity index (χ3n) is 8.78. The Morgan fingerprint density at radius 3 is 1.58 bits per heavy atom. The Morgan fingerprint density at radius 1 is 0.577 bits per heavy atom. The summed E-state index contributed by atoms with van der Waals surface area (Å²) in [5.74, 6) is -1.51. The van der Waals surface area contributed by atoms with Crippen molar-refractivity contribution in [2.45, 2.75) is 161 Å². The number of unbranched alkanes of at least 4 members (excludes halogenated alkanes) is 15. The van der Waals surface area contributed by atoms with Gasteiger partial charge in [-0.25, -0.2) is 4.79 Å². The zero-order chi connectivity index (χ0) is 38.5. The van der Waals surface area contributed by atoms with E-state index < -0.39 is 18.1 Å². The van der Waals surface area contributed by atoms with Gasteiger partial charge in [-0.2, -0.15) is 0 Å². The molecule has 0 spiro atoms. The predicted octanol–water partition coefficient (Wildman–Crippen LogP) is 10.6. The van der Waals surface area contributed by atoms with Crippen molar-refractivity contribution in [2.24, 2.45) is 0 Å². The fraction of sp³-hybridized carbons (Fsp3) is 0.705. The van der Waals surface area contributed by atoms with Crippen LogP contribution in [0.2, 0.25) is 0 Å². The highest BCUT2D eigenvalue weighted by atomic mass is 16.6. The summed E-state index contributed by atoms with van der Waals surface area (Å²) in [5.41, 5.74) is 0. The van der Waals surface area contributed by atoms with Crippen LogP contribution in [0.25, 0.3) is 0 Å². The number of nitrogens with zero attached hydrogens (tertiary/aromatic N) is 1. The second-order valence-electron chi connectivity index (χ2n) is 14.7. The molecule has 0 aromatic heterocycles. The van der Waals surface area contributed by atoms with Crippen molar-refractivity contribution in [3.8, 4) is 0 Å². The van der Waals surface area contributed by atoms with Gasteiger partial charge in [0.05, 0.1) is 34.4 Å². The first-order valence-corrected chi connectivity index (χ1v) is 20.4. The van der Waals surface area contributed by atoms with Crippen LogP contribution in [0.3, 0.4) is 0 Å². The summed E-state index contributed by atoms with van der Waals surface area (Å²) in [6.07, 6.45) is 41.1. The van der Waals surface area contributed by atoms with Crippen LogP contribution in [-0.2, 0) is 28.6 Å². The van der Waals surface area contributed by atoms with Crippen molar-refractivity contribution in [1.29, 1.82) is 0 Å². The van der Waals surface area contributed by atoms with Crippen LogP contribution in [0.15, 0.2) is 60.8 Å². The van der Waals surface area contributed by atoms with E-state index in [1.807, 2.05) is 57.6 Å². The monoisotopic (exact) mass is 731 g/mol. The molecular weight excluding hydrogens is 654 g/mol. The van der Waals surface area contributed by atoms with E-state index in [0.29, 0.717) is 19.3 Å². The van der Waals surface area contributed by atoms with Gasteiger partial charge in [0.1, 0.15) is 6.61 Å². The summed E-state index contributed by atoms with van der Waals surface area (Å²) in [6, 6.07) is -0.618. The molecule has 1 N–H and O–H groups in total. The summed E-state index contributed by atoms with van der Waals surface area (Å²) in [7, 11) is 5.50. The zero-order valence-electron chi connectivity index (χ0n) is 33.7. The standard InChI is InChI=1S/C44H75NO7/c1-6-8-10-12-14-16-18-19-20-21-22-23-24-25-27-28-30-32-34-42(46)51-39-40(38-50-37-36-41(44(48)49)45(3,4)5)52-43(47)35-33-31-29-26-17-15-13-11-9-7-2/h10,12,14,16,18-23,40-41H,6-9,11,13,15,17,24-39H2,1-5H3/p+1/b12-10+,16-14+,19-18+,21-20+,23-22+. The summed E-state index contributed by atoms with van der Waals surface area (Å²) >= 11 is 0. The predicted molar refractivity (Wildman–Crippen MR) is 215 cm³/mol. The van der Waals surface area contributed by atoms with Crippen LogP contribution in [0.5, 0.6) is 0 Å². The minimum absolute atomic E-state index is 0.0514. The molecule has 2 unspecified atom stereocenters. The number of rotatable bonds is 35. The highest BCUT2D eigenvalue weighted by Crippen LogP contribution is 2.13. The first-order chi connectivity index (χ1) is 25.1. The summed E-state index contributed by atoms with van der Waals surface area (Å²) in [5, 5.41) is 9.59. The normalized spacial score (nSPS) is 13.6. The molecule has 0 aromatic carbocycles. The van der Waals surface area contributed by atoms with Crippen molar-refractivity contribution in [3.05, 3.63) is 60.8 Å². The van der Waals surface area contributed by atoms with Crippen LogP contribution in [0.1, 0.15) is 149 Å². The van der Waals surface area contributed by atoms with Gasteiger partial charge in [-0.15, -0.1) is 0 Å². The summed E-state index contributed by atoms with van der Waals surface area (Å²) in [6.45, 7) is 4.59. The molecule has 0 aliphatic heterocycles. The molecule has 0 heterocycles. The Balaban J connectivity index is 4.42. The average Bonchev–Trinajstić information content (AvgIpc) is 3.09. The Labute approximate surface area is 318 Å². The van der Waals surface area contributed by atoms with Gasteiger partial charge >= 0.3 is 17.9 Å².